The lowest BCUT2D eigenvalue weighted by molar-refractivity contribution is -0.141. The van der Waals surface area contributed by atoms with Gasteiger partial charge in [-0.3, -0.25) is 9.59 Å². The van der Waals surface area contributed by atoms with Crippen molar-refractivity contribution in [2.45, 2.75) is 53.0 Å². The highest BCUT2D eigenvalue weighted by Gasteiger charge is 2.42. The van der Waals surface area contributed by atoms with Crippen LogP contribution in [0.4, 0.5) is 0 Å². The van der Waals surface area contributed by atoms with Crippen molar-refractivity contribution >= 4 is 11.9 Å². The third-order valence-electron chi connectivity index (χ3n) is 3.17. The summed E-state index contributed by atoms with van der Waals surface area (Å²) in [4.78, 5) is 24.5. The minimum absolute atomic E-state index is 0.0355. The normalized spacial score (nSPS) is 22.1. The molecule has 1 fully saturated rings. The van der Waals surface area contributed by atoms with Crippen LogP contribution in [0.3, 0.4) is 0 Å². The molecule has 1 amide bonds. The molecule has 1 N–H and O–H groups in total. The Bertz CT molecular complexity index is 328. The molecular formula is C13H23NO3. The van der Waals surface area contributed by atoms with Crippen LogP contribution in [-0.4, -0.2) is 34.0 Å². The van der Waals surface area contributed by atoms with E-state index in [0.717, 1.165) is 6.42 Å². The molecule has 1 aliphatic heterocycles. The Hall–Kier alpha value is -1.06. The Morgan fingerprint density at radius 2 is 1.88 bits per heavy atom. The first-order chi connectivity index (χ1) is 7.53. The van der Waals surface area contributed by atoms with E-state index in [9.17, 15) is 9.59 Å². The maximum atomic E-state index is 11.9. The zero-order chi connectivity index (χ0) is 13.4. The van der Waals surface area contributed by atoms with Gasteiger partial charge in [-0.15, -0.1) is 0 Å². The fraction of sp³-hybridized carbons (Fsp3) is 0.846. The van der Waals surface area contributed by atoms with Crippen LogP contribution in [0.5, 0.6) is 0 Å². The van der Waals surface area contributed by atoms with Gasteiger partial charge >= 0.3 is 5.97 Å². The van der Waals surface area contributed by atoms with Crippen LogP contribution in [0, 0.1) is 11.3 Å². The van der Waals surface area contributed by atoms with Crippen molar-refractivity contribution in [2.24, 2.45) is 11.3 Å². The Morgan fingerprint density at radius 1 is 1.35 bits per heavy atom. The van der Waals surface area contributed by atoms with E-state index in [1.807, 2.05) is 13.8 Å². The van der Waals surface area contributed by atoms with Crippen molar-refractivity contribution in [3.8, 4) is 0 Å². The summed E-state index contributed by atoms with van der Waals surface area (Å²) in [6.07, 6.45) is 1.00. The average Bonchev–Trinajstić information content (AvgIpc) is 2.43. The van der Waals surface area contributed by atoms with Crippen LogP contribution in [0.2, 0.25) is 0 Å². The number of nitrogens with zero attached hydrogens (tertiary/aromatic N) is 1. The molecule has 0 bridgehead atoms. The van der Waals surface area contributed by atoms with E-state index in [1.165, 1.54) is 0 Å². The first-order valence-corrected chi connectivity index (χ1v) is 6.06. The van der Waals surface area contributed by atoms with Crippen molar-refractivity contribution in [2.75, 3.05) is 6.54 Å². The van der Waals surface area contributed by atoms with Gasteiger partial charge < -0.3 is 10.0 Å². The lowest BCUT2D eigenvalue weighted by atomic mass is 9.81. The van der Waals surface area contributed by atoms with Gasteiger partial charge in [0.05, 0.1) is 5.92 Å². The average molecular weight is 241 g/mol. The smallest absolute Gasteiger partial charge is 0.308 e. The SMILES string of the molecule is CC(C)(C)CC(C)(C)N1CC(C(=O)O)CC1=O. The molecule has 0 aromatic rings. The molecular weight excluding hydrogens is 218 g/mol. The first kappa shape index (κ1) is 14.0. The highest BCUT2D eigenvalue weighted by atomic mass is 16.4. The number of carboxylic acid groups (broad SMARTS) is 1. The Balaban J connectivity index is 2.79. The number of amides is 1. The van der Waals surface area contributed by atoms with Crippen LogP contribution >= 0.6 is 0 Å². The second kappa shape index (κ2) is 4.31. The van der Waals surface area contributed by atoms with E-state index in [2.05, 4.69) is 20.8 Å². The van der Waals surface area contributed by atoms with Gasteiger partial charge in [-0.1, -0.05) is 20.8 Å². The van der Waals surface area contributed by atoms with Crippen LogP contribution in [0.1, 0.15) is 47.5 Å². The molecule has 1 unspecified atom stereocenters. The molecule has 1 rings (SSSR count). The van der Waals surface area contributed by atoms with Crippen LogP contribution in [0.25, 0.3) is 0 Å². The third kappa shape index (κ3) is 3.45. The van der Waals surface area contributed by atoms with Crippen molar-refractivity contribution in [3.05, 3.63) is 0 Å². The number of carbonyl (C=O) groups is 2. The zero-order valence-electron chi connectivity index (χ0n) is 11.4. The molecule has 0 aromatic carbocycles. The number of aliphatic carboxylic acids is 1. The lowest BCUT2D eigenvalue weighted by Crippen LogP contribution is -2.47. The highest BCUT2D eigenvalue weighted by molar-refractivity contribution is 5.86. The predicted octanol–water partition coefficient (Wildman–Crippen LogP) is 2.13. The van der Waals surface area contributed by atoms with Crippen molar-refractivity contribution < 1.29 is 14.7 Å². The summed E-state index contributed by atoms with van der Waals surface area (Å²) in [5, 5.41) is 8.97. The first-order valence-electron chi connectivity index (χ1n) is 6.06. The summed E-state index contributed by atoms with van der Waals surface area (Å²) in [6, 6.07) is 0. The number of hydrogen-bond donors (Lipinski definition) is 1. The minimum atomic E-state index is -0.868. The summed E-state index contributed by atoms with van der Waals surface area (Å²) in [5.41, 5.74) is -0.162. The molecule has 4 heteroatoms. The van der Waals surface area contributed by atoms with Gasteiger partial charge in [-0.05, 0) is 25.7 Å². The molecule has 98 valence electrons. The Morgan fingerprint density at radius 3 is 2.24 bits per heavy atom. The standard InChI is InChI=1S/C13H23NO3/c1-12(2,3)8-13(4,5)14-7-9(11(16)17)6-10(14)15/h9H,6-8H2,1-5H3,(H,16,17). The Kier molecular flexibility index (Phi) is 3.55. The fourth-order valence-corrected chi connectivity index (χ4v) is 2.85. The zero-order valence-corrected chi connectivity index (χ0v) is 11.4. The van der Waals surface area contributed by atoms with E-state index in [0.29, 0.717) is 6.54 Å². The maximum Gasteiger partial charge on any atom is 0.308 e. The summed E-state index contributed by atoms with van der Waals surface area (Å²) in [5.74, 6) is -1.44. The summed E-state index contributed by atoms with van der Waals surface area (Å²) in [6.45, 7) is 10.8. The molecule has 1 saturated heterocycles. The van der Waals surface area contributed by atoms with E-state index in [-0.39, 0.29) is 23.3 Å². The quantitative estimate of drug-likeness (QED) is 0.823. The van der Waals surface area contributed by atoms with Gasteiger partial charge in [0.2, 0.25) is 5.91 Å². The number of carboxylic acids is 1. The molecule has 0 spiro atoms. The fourth-order valence-electron chi connectivity index (χ4n) is 2.85. The monoisotopic (exact) mass is 241 g/mol. The second-order valence-electron chi connectivity index (χ2n) is 6.79. The summed E-state index contributed by atoms with van der Waals surface area (Å²) < 4.78 is 0. The van der Waals surface area contributed by atoms with Crippen molar-refractivity contribution in [3.63, 3.8) is 0 Å². The highest BCUT2D eigenvalue weighted by Crippen LogP contribution is 2.35. The van der Waals surface area contributed by atoms with Gasteiger partial charge in [-0.25, -0.2) is 0 Å². The second-order valence-corrected chi connectivity index (χ2v) is 6.79. The topological polar surface area (TPSA) is 57.6 Å². The van der Waals surface area contributed by atoms with Crippen LogP contribution < -0.4 is 0 Å². The third-order valence-corrected chi connectivity index (χ3v) is 3.17. The van der Waals surface area contributed by atoms with E-state index in [4.69, 9.17) is 5.11 Å². The van der Waals surface area contributed by atoms with Gasteiger partial charge in [0.15, 0.2) is 0 Å². The van der Waals surface area contributed by atoms with Gasteiger partial charge in [0, 0.05) is 18.5 Å². The molecule has 0 radical (unpaired) electrons. The van der Waals surface area contributed by atoms with Gasteiger partial charge in [-0.2, -0.15) is 0 Å². The Labute approximate surface area is 103 Å². The van der Waals surface area contributed by atoms with E-state index >= 15 is 0 Å². The van der Waals surface area contributed by atoms with E-state index in [1.54, 1.807) is 4.90 Å². The van der Waals surface area contributed by atoms with Crippen LogP contribution in [0.15, 0.2) is 0 Å². The van der Waals surface area contributed by atoms with Crippen LogP contribution in [-0.2, 0) is 9.59 Å². The number of rotatable bonds is 3. The van der Waals surface area contributed by atoms with Crippen molar-refractivity contribution in [1.29, 1.82) is 0 Å². The molecule has 0 aliphatic carbocycles. The molecule has 0 saturated carbocycles. The largest absolute Gasteiger partial charge is 0.481 e. The lowest BCUT2D eigenvalue weighted by Gasteiger charge is -2.40. The number of likely N-dealkylation sites (tertiary alicyclic amines) is 1. The van der Waals surface area contributed by atoms with Gasteiger partial charge in [0.25, 0.3) is 0 Å². The van der Waals surface area contributed by atoms with Crippen molar-refractivity contribution in [1.82, 2.24) is 4.90 Å². The predicted molar refractivity (Wildman–Crippen MR) is 65.6 cm³/mol. The minimum Gasteiger partial charge on any atom is -0.481 e. The van der Waals surface area contributed by atoms with E-state index < -0.39 is 11.9 Å². The molecule has 1 heterocycles. The number of hydrogen-bond acceptors (Lipinski definition) is 2. The molecule has 0 aromatic heterocycles. The molecule has 1 atom stereocenters. The summed E-state index contributed by atoms with van der Waals surface area (Å²) in [7, 11) is 0. The van der Waals surface area contributed by atoms with Gasteiger partial charge in [0.1, 0.15) is 0 Å². The summed E-state index contributed by atoms with van der Waals surface area (Å²) >= 11 is 0. The molecule has 17 heavy (non-hydrogen) atoms. The molecule has 4 nitrogen and oxygen atoms in total. The molecule has 1 aliphatic rings. The number of carbonyl (C=O) groups excluding carboxylic acids is 1. The maximum absolute atomic E-state index is 11.9.